The maximum atomic E-state index is 9.21. The summed E-state index contributed by atoms with van der Waals surface area (Å²) in [5.41, 5.74) is 3.08. The van der Waals surface area contributed by atoms with Crippen molar-refractivity contribution in [3.05, 3.63) is 29.3 Å². The summed E-state index contributed by atoms with van der Waals surface area (Å²) in [4.78, 5) is 0. The number of fused-ring (bicyclic) bond motifs is 5. The highest BCUT2D eigenvalue weighted by atomic mass is 15.0. The van der Waals surface area contributed by atoms with Crippen LogP contribution >= 0.6 is 0 Å². The minimum atomic E-state index is 0.657. The van der Waals surface area contributed by atoms with Crippen molar-refractivity contribution in [1.29, 1.82) is 5.26 Å². The lowest BCUT2D eigenvalue weighted by Gasteiger charge is -2.14. The van der Waals surface area contributed by atoms with Crippen LogP contribution in [0.5, 0.6) is 0 Å². The second-order valence-electron chi connectivity index (χ2n) is 6.27. The number of hydrogen-bond donors (Lipinski definition) is 1. The van der Waals surface area contributed by atoms with E-state index in [0.717, 1.165) is 34.9 Å². The molecule has 2 nitrogen and oxygen atoms in total. The van der Waals surface area contributed by atoms with Gasteiger partial charge in [0.25, 0.3) is 0 Å². The molecule has 4 atom stereocenters. The molecule has 1 N–H and O–H groups in total. The monoisotopic (exact) mass is 238 g/mol. The fourth-order valence-corrected chi connectivity index (χ4v) is 4.64. The first kappa shape index (κ1) is 10.4. The molecular weight excluding hydrogens is 220 g/mol. The van der Waals surface area contributed by atoms with Crippen LogP contribution in [0.4, 0.5) is 5.69 Å². The molecule has 92 valence electrons. The van der Waals surface area contributed by atoms with Gasteiger partial charge in [-0.25, -0.2) is 0 Å². The summed E-state index contributed by atoms with van der Waals surface area (Å²) in [5.74, 6) is 3.78. The Morgan fingerprint density at radius 2 is 1.94 bits per heavy atom. The lowest BCUT2D eigenvalue weighted by atomic mass is 10.0. The summed E-state index contributed by atoms with van der Waals surface area (Å²) in [5, 5.41) is 12.9. The minimum absolute atomic E-state index is 0.657. The van der Waals surface area contributed by atoms with E-state index in [0.29, 0.717) is 6.04 Å². The highest BCUT2D eigenvalue weighted by Crippen LogP contribution is 2.66. The zero-order chi connectivity index (χ0) is 12.3. The van der Waals surface area contributed by atoms with Gasteiger partial charge in [-0.15, -0.1) is 0 Å². The molecular formula is C16H18N2. The van der Waals surface area contributed by atoms with Gasteiger partial charge in [-0.1, -0.05) is 12.1 Å². The largest absolute Gasteiger partial charge is 0.380 e. The average Bonchev–Trinajstić information content (AvgIpc) is 2.78. The van der Waals surface area contributed by atoms with Crippen LogP contribution < -0.4 is 5.32 Å². The van der Waals surface area contributed by atoms with Gasteiger partial charge >= 0.3 is 0 Å². The molecule has 1 aromatic carbocycles. The van der Waals surface area contributed by atoms with Crippen LogP contribution in [0.1, 0.15) is 30.4 Å². The van der Waals surface area contributed by atoms with Crippen molar-refractivity contribution in [2.24, 2.45) is 23.7 Å². The number of hydrogen-bond acceptors (Lipinski definition) is 2. The molecule has 1 aromatic rings. The Kier molecular flexibility index (Phi) is 2.03. The molecule has 4 unspecified atom stereocenters. The first-order valence-corrected chi connectivity index (χ1v) is 7.06. The van der Waals surface area contributed by atoms with Gasteiger partial charge in [-0.2, -0.15) is 5.26 Å². The van der Waals surface area contributed by atoms with E-state index in [9.17, 15) is 5.26 Å². The number of anilines is 1. The molecule has 3 saturated carbocycles. The highest BCUT2D eigenvalue weighted by Gasteiger charge is 2.65. The van der Waals surface area contributed by atoms with Gasteiger partial charge in [0.2, 0.25) is 0 Å². The van der Waals surface area contributed by atoms with Crippen molar-refractivity contribution in [2.45, 2.75) is 32.2 Å². The van der Waals surface area contributed by atoms with E-state index in [1.165, 1.54) is 24.8 Å². The van der Waals surface area contributed by atoms with Gasteiger partial charge in [0, 0.05) is 6.04 Å². The molecule has 3 fully saturated rings. The zero-order valence-electron chi connectivity index (χ0n) is 10.7. The predicted octanol–water partition coefficient (Wildman–Crippen LogP) is 3.32. The lowest BCUT2D eigenvalue weighted by Crippen LogP contribution is -2.14. The summed E-state index contributed by atoms with van der Waals surface area (Å²) in [7, 11) is 0. The molecule has 0 heterocycles. The molecule has 2 heteroatoms. The van der Waals surface area contributed by atoms with Gasteiger partial charge in [-0.05, 0) is 61.5 Å². The third-order valence-corrected chi connectivity index (χ3v) is 5.44. The Morgan fingerprint density at radius 3 is 2.61 bits per heavy atom. The van der Waals surface area contributed by atoms with Gasteiger partial charge in [0.15, 0.2) is 0 Å². The molecule has 2 bridgehead atoms. The molecule has 0 amide bonds. The number of para-hydroxylation sites is 1. The number of aryl methyl sites for hydroxylation is 1. The fourth-order valence-electron chi connectivity index (χ4n) is 4.64. The van der Waals surface area contributed by atoms with Gasteiger partial charge in [-0.3, -0.25) is 0 Å². The quantitative estimate of drug-likeness (QED) is 0.858. The first-order valence-electron chi connectivity index (χ1n) is 7.06. The fraction of sp³-hybridized carbons (Fsp3) is 0.562. The molecule has 0 aromatic heterocycles. The molecule has 4 rings (SSSR count). The predicted molar refractivity (Wildman–Crippen MR) is 71.1 cm³/mol. The smallest absolute Gasteiger partial charge is 0.101 e. The van der Waals surface area contributed by atoms with Crippen LogP contribution in [0.15, 0.2) is 18.2 Å². The second-order valence-corrected chi connectivity index (χ2v) is 6.27. The SMILES string of the molecule is Cc1cccc(C#N)c1NC1C2C3CCC(C3)C12. The zero-order valence-corrected chi connectivity index (χ0v) is 10.7. The van der Waals surface area contributed by atoms with E-state index >= 15 is 0 Å². The Morgan fingerprint density at radius 1 is 1.22 bits per heavy atom. The van der Waals surface area contributed by atoms with E-state index in [1.54, 1.807) is 0 Å². The van der Waals surface area contributed by atoms with Crippen LogP contribution in [0.25, 0.3) is 0 Å². The summed E-state index contributed by atoms with van der Waals surface area (Å²) in [6.07, 6.45) is 4.37. The number of nitrogens with one attached hydrogen (secondary N) is 1. The average molecular weight is 238 g/mol. The Bertz CT molecular complexity index is 527. The molecule has 18 heavy (non-hydrogen) atoms. The molecule has 3 aliphatic carbocycles. The molecule has 0 radical (unpaired) electrons. The number of rotatable bonds is 2. The van der Waals surface area contributed by atoms with Crippen molar-refractivity contribution in [3.63, 3.8) is 0 Å². The lowest BCUT2D eigenvalue weighted by molar-refractivity contribution is 0.456. The Labute approximate surface area is 108 Å². The summed E-state index contributed by atoms with van der Waals surface area (Å²) in [6.45, 7) is 2.09. The van der Waals surface area contributed by atoms with E-state index in [2.05, 4.69) is 24.4 Å². The maximum absolute atomic E-state index is 9.21. The van der Waals surface area contributed by atoms with Gasteiger partial charge in [0.05, 0.1) is 11.3 Å². The van der Waals surface area contributed by atoms with E-state index in [-0.39, 0.29) is 0 Å². The maximum Gasteiger partial charge on any atom is 0.101 e. The van der Waals surface area contributed by atoms with Crippen LogP contribution in [-0.2, 0) is 0 Å². The summed E-state index contributed by atoms with van der Waals surface area (Å²) < 4.78 is 0. The van der Waals surface area contributed by atoms with E-state index < -0.39 is 0 Å². The molecule has 0 aliphatic heterocycles. The van der Waals surface area contributed by atoms with Crippen LogP contribution in [0, 0.1) is 41.9 Å². The van der Waals surface area contributed by atoms with Crippen LogP contribution in [0.2, 0.25) is 0 Å². The van der Waals surface area contributed by atoms with Crippen molar-refractivity contribution in [3.8, 4) is 6.07 Å². The molecule has 0 spiro atoms. The molecule has 0 saturated heterocycles. The van der Waals surface area contributed by atoms with Gasteiger partial charge in [0.1, 0.15) is 6.07 Å². The van der Waals surface area contributed by atoms with Crippen molar-refractivity contribution < 1.29 is 0 Å². The van der Waals surface area contributed by atoms with Crippen molar-refractivity contribution in [2.75, 3.05) is 5.32 Å². The Balaban J connectivity index is 1.59. The third kappa shape index (κ3) is 1.28. The highest BCUT2D eigenvalue weighted by molar-refractivity contribution is 5.63. The normalized spacial score (nSPS) is 39.2. The number of nitriles is 1. The Hall–Kier alpha value is -1.49. The standard InChI is InChI=1S/C16H18N2/c1-9-3-2-4-12(8-17)15(9)18-16-13-10-5-6-11(7-10)14(13)16/h2-4,10-11,13-14,16,18H,5-7H2,1H3. The summed E-state index contributed by atoms with van der Waals surface area (Å²) in [6, 6.07) is 8.95. The third-order valence-electron chi connectivity index (χ3n) is 5.44. The van der Waals surface area contributed by atoms with Gasteiger partial charge < -0.3 is 5.32 Å². The van der Waals surface area contributed by atoms with E-state index in [1.807, 2.05) is 12.1 Å². The first-order chi connectivity index (χ1) is 8.79. The minimum Gasteiger partial charge on any atom is -0.380 e. The number of benzene rings is 1. The summed E-state index contributed by atoms with van der Waals surface area (Å²) >= 11 is 0. The van der Waals surface area contributed by atoms with E-state index in [4.69, 9.17) is 0 Å². The van der Waals surface area contributed by atoms with Crippen molar-refractivity contribution >= 4 is 5.69 Å². The number of nitrogens with zero attached hydrogens (tertiary/aromatic N) is 1. The van der Waals surface area contributed by atoms with Crippen LogP contribution in [0.3, 0.4) is 0 Å². The topological polar surface area (TPSA) is 35.8 Å². The molecule has 3 aliphatic rings. The van der Waals surface area contributed by atoms with Crippen LogP contribution in [-0.4, -0.2) is 6.04 Å². The van der Waals surface area contributed by atoms with Crippen molar-refractivity contribution in [1.82, 2.24) is 0 Å². The second kappa shape index (κ2) is 3.51.